The van der Waals surface area contributed by atoms with E-state index in [1.54, 1.807) is 12.1 Å². The van der Waals surface area contributed by atoms with Crippen molar-refractivity contribution in [1.29, 1.82) is 0 Å². The summed E-state index contributed by atoms with van der Waals surface area (Å²) in [6.45, 7) is 1.11. The van der Waals surface area contributed by atoms with Crippen molar-refractivity contribution in [3.63, 3.8) is 0 Å². The van der Waals surface area contributed by atoms with Gasteiger partial charge in [-0.15, -0.1) is 0 Å². The van der Waals surface area contributed by atoms with Gasteiger partial charge < -0.3 is 0 Å². The Labute approximate surface area is 157 Å². The van der Waals surface area contributed by atoms with Gasteiger partial charge in [0.05, 0.1) is 11.2 Å². The smallest absolute Gasteiger partial charge is 0.213 e. The quantitative estimate of drug-likeness (QED) is 0.778. The predicted octanol–water partition coefficient (Wildman–Crippen LogP) is 2.39. The lowest BCUT2D eigenvalue weighted by molar-refractivity contribution is 0.406. The minimum atomic E-state index is -3.59. The van der Waals surface area contributed by atoms with Crippen LogP contribution in [0.3, 0.4) is 0 Å². The Morgan fingerprint density at radius 1 is 0.769 bits per heavy atom. The molecule has 146 valence electrons. The molecule has 1 aliphatic carbocycles. The van der Waals surface area contributed by atoms with Crippen molar-refractivity contribution in [2.75, 3.05) is 32.4 Å². The molecule has 26 heavy (non-hydrogen) atoms. The summed E-state index contributed by atoms with van der Waals surface area (Å²) in [4.78, 5) is 0.296. The number of hydrogen-bond donors (Lipinski definition) is 0. The van der Waals surface area contributed by atoms with Crippen LogP contribution in [0.2, 0.25) is 0 Å². The summed E-state index contributed by atoms with van der Waals surface area (Å²) in [5.41, 5.74) is 1.22. The molecule has 1 heterocycles. The van der Waals surface area contributed by atoms with Crippen LogP contribution in [0, 0.1) is 0 Å². The minimum absolute atomic E-state index is 0.194. The molecule has 0 atom stereocenters. The number of benzene rings is 1. The van der Waals surface area contributed by atoms with E-state index in [2.05, 4.69) is 0 Å². The molecule has 1 aliphatic heterocycles. The lowest BCUT2D eigenvalue weighted by Gasteiger charge is -2.23. The lowest BCUT2D eigenvalue weighted by atomic mass is 9.84. The molecule has 2 fully saturated rings. The van der Waals surface area contributed by atoms with Crippen molar-refractivity contribution in [2.45, 2.75) is 49.3 Å². The van der Waals surface area contributed by atoms with Crippen molar-refractivity contribution in [3.8, 4) is 0 Å². The third kappa shape index (κ3) is 4.47. The maximum absolute atomic E-state index is 12.9. The monoisotopic (exact) mass is 400 g/mol. The first kappa shape index (κ1) is 19.8. The average Bonchev–Trinajstić information content (AvgIpc) is 2.89. The molecule has 0 aromatic heterocycles. The van der Waals surface area contributed by atoms with E-state index < -0.39 is 20.0 Å². The Morgan fingerprint density at radius 3 is 1.96 bits per heavy atom. The molecule has 6 nitrogen and oxygen atoms in total. The first-order valence-corrected chi connectivity index (χ1v) is 12.6. The van der Waals surface area contributed by atoms with E-state index in [0.29, 0.717) is 30.3 Å². The van der Waals surface area contributed by atoms with Crippen LogP contribution in [-0.2, 0) is 20.0 Å². The van der Waals surface area contributed by atoms with Gasteiger partial charge in [-0.1, -0.05) is 31.4 Å². The van der Waals surface area contributed by atoms with Crippen LogP contribution in [0.1, 0.15) is 50.0 Å². The fourth-order valence-corrected chi connectivity index (χ4v) is 6.28. The maximum Gasteiger partial charge on any atom is 0.243 e. The highest BCUT2D eigenvalue weighted by Gasteiger charge is 2.29. The number of nitrogens with zero attached hydrogens (tertiary/aromatic N) is 2. The van der Waals surface area contributed by atoms with Gasteiger partial charge in [-0.2, -0.15) is 4.31 Å². The molecule has 0 radical (unpaired) electrons. The summed E-state index contributed by atoms with van der Waals surface area (Å²) in [5.74, 6) is 0.544. The van der Waals surface area contributed by atoms with E-state index in [9.17, 15) is 16.8 Å². The average molecular weight is 401 g/mol. The molecule has 0 spiro atoms. The molecule has 0 amide bonds. The minimum Gasteiger partial charge on any atom is -0.213 e. The van der Waals surface area contributed by atoms with Gasteiger partial charge in [0.25, 0.3) is 0 Å². The molecule has 0 bridgehead atoms. The summed E-state index contributed by atoms with van der Waals surface area (Å²) in [6, 6.07) is 7.31. The molecule has 2 aliphatic rings. The largest absolute Gasteiger partial charge is 0.243 e. The molecule has 1 saturated carbocycles. The fourth-order valence-electron chi connectivity index (χ4n) is 3.94. The second-order valence-corrected chi connectivity index (χ2v) is 11.2. The van der Waals surface area contributed by atoms with Crippen molar-refractivity contribution < 1.29 is 16.8 Å². The fraction of sp³-hybridized carbons (Fsp3) is 0.667. The second kappa shape index (κ2) is 7.96. The van der Waals surface area contributed by atoms with Crippen LogP contribution in [0.15, 0.2) is 29.2 Å². The summed E-state index contributed by atoms with van der Waals surface area (Å²) >= 11 is 0. The number of hydrogen-bond acceptors (Lipinski definition) is 4. The number of sulfonamides is 2. The molecule has 0 N–H and O–H groups in total. The van der Waals surface area contributed by atoms with Crippen LogP contribution >= 0.6 is 0 Å². The second-order valence-electron chi connectivity index (χ2n) is 7.32. The Morgan fingerprint density at radius 2 is 1.35 bits per heavy atom. The highest BCUT2D eigenvalue weighted by Crippen LogP contribution is 2.33. The molecule has 8 heteroatoms. The van der Waals surface area contributed by atoms with Gasteiger partial charge in [0.2, 0.25) is 20.0 Å². The molecule has 1 aromatic carbocycles. The first-order valence-electron chi connectivity index (χ1n) is 9.34. The Balaban J connectivity index is 1.73. The Bertz CT molecular complexity index is 813. The van der Waals surface area contributed by atoms with Gasteiger partial charge in [0.15, 0.2) is 0 Å². The Kier molecular flexibility index (Phi) is 6.06. The summed E-state index contributed by atoms with van der Waals surface area (Å²) < 4.78 is 52.1. The topological polar surface area (TPSA) is 74.8 Å². The molecular formula is C18H28N2O4S2. The van der Waals surface area contributed by atoms with Crippen LogP contribution in [0.5, 0.6) is 0 Å². The van der Waals surface area contributed by atoms with E-state index in [0.717, 1.165) is 0 Å². The predicted molar refractivity (Wildman–Crippen MR) is 102 cm³/mol. The lowest BCUT2D eigenvalue weighted by Crippen LogP contribution is -2.36. The van der Waals surface area contributed by atoms with Gasteiger partial charge >= 0.3 is 0 Å². The molecule has 3 rings (SSSR count). The third-order valence-electron chi connectivity index (χ3n) is 5.48. The maximum atomic E-state index is 12.9. The van der Waals surface area contributed by atoms with E-state index in [1.165, 1.54) is 52.5 Å². The summed E-state index contributed by atoms with van der Waals surface area (Å²) in [6.07, 6.45) is 7.82. The van der Waals surface area contributed by atoms with Gasteiger partial charge in [0, 0.05) is 26.2 Å². The highest BCUT2D eigenvalue weighted by molar-refractivity contribution is 7.89. The van der Waals surface area contributed by atoms with E-state index >= 15 is 0 Å². The van der Waals surface area contributed by atoms with Gasteiger partial charge in [-0.25, -0.2) is 21.1 Å². The van der Waals surface area contributed by atoms with Crippen LogP contribution in [0.25, 0.3) is 0 Å². The molecule has 0 unspecified atom stereocenters. The standard InChI is InChI=1S/C18H28N2O4S2/c1-25(21,22)19-12-5-13-20(15-14-19)26(23,24)18-10-8-17(9-11-18)16-6-3-2-4-7-16/h8-11,16H,2-7,12-15H2,1H3. The first-order chi connectivity index (χ1) is 12.3. The zero-order chi connectivity index (χ0) is 18.8. The summed E-state index contributed by atoms with van der Waals surface area (Å²) in [5, 5.41) is 0. The Hall–Kier alpha value is -0.960. The van der Waals surface area contributed by atoms with E-state index in [-0.39, 0.29) is 13.1 Å². The van der Waals surface area contributed by atoms with Gasteiger partial charge in [0.1, 0.15) is 0 Å². The van der Waals surface area contributed by atoms with Crippen molar-refractivity contribution >= 4 is 20.0 Å². The molecular weight excluding hydrogens is 372 g/mol. The van der Waals surface area contributed by atoms with Crippen LogP contribution in [0.4, 0.5) is 0 Å². The number of rotatable bonds is 4. The SMILES string of the molecule is CS(=O)(=O)N1CCCN(S(=O)(=O)c2ccc(C3CCCCC3)cc2)CC1. The summed E-state index contributed by atoms with van der Waals surface area (Å²) in [7, 11) is -6.88. The normalized spacial score (nSPS) is 22.2. The van der Waals surface area contributed by atoms with E-state index in [1.807, 2.05) is 12.1 Å². The third-order valence-corrected chi connectivity index (χ3v) is 8.69. The highest BCUT2D eigenvalue weighted by atomic mass is 32.2. The van der Waals surface area contributed by atoms with E-state index in [4.69, 9.17) is 0 Å². The van der Waals surface area contributed by atoms with Crippen molar-refractivity contribution in [2.24, 2.45) is 0 Å². The van der Waals surface area contributed by atoms with Crippen molar-refractivity contribution in [3.05, 3.63) is 29.8 Å². The zero-order valence-corrected chi connectivity index (χ0v) is 16.9. The molecule has 1 saturated heterocycles. The zero-order valence-electron chi connectivity index (χ0n) is 15.3. The van der Waals surface area contributed by atoms with Crippen molar-refractivity contribution in [1.82, 2.24) is 8.61 Å². The molecule has 1 aromatic rings. The van der Waals surface area contributed by atoms with Gasteiger partial charge in [-0.3, -0.25) is 0 Å². The van der Waals surface area contributed by atoms with Crippen LogP contribution in [-0.4, -0.2) is 57.9 Å². The van der Waals surface area contributed by atoms with Crippen LogP contribution < -0.4 is 0 Å². The van der Waals surface area contributed by atoms with Gasteiger partial charge in [-0.05, 0) is 42.9 Å².